The number of pyridine rings is 1. The molecule has 0 atom stereocenters. The SMILES string of the molecule is CN(Cc1ccc(Cl)s1)c1ccc(C(=O)O)cn1. The number of nitrogens with zero attached hydrogens (tertiary/aromatic N) is 2. The first-order chi connectivity index (χ1) is 8.56. The van der Waals surface area contributed by atoms with Gasteiger partial charge in [0.05, 0.1) is 16.4 Å². The molecule has 2 heterocycles. The van der Waals surface area contributed by atoms with Crippen LogP contribution in [-0.2, 0) is 6.54 Å². The molecule has 0 unspecified atom stereocenters. The fourth-order valence-corrected chi connectivity index (χ4v) is 2.63. The predicted octanol–water partition coefficient (Wildman–Crippen LogP) is 3.13. The lowest BCUT2D eigenvalue weighted by Crippen LogP contribution is -2.17. The third-order valence-corrected chi connectivity index (χ3v) is 3.62. The van der Waals surface area contributed by atoms with E-state index in [4.69, 9.17) is 16.7 Å². The van der Waals surface area contributed by atoms with Gasteiger partial charge in [-0.1, -0.05) is 11.6 Å². The molecule has 6 heteroatoms. The fourth-order valence-electron chi connectivity index (χ4n) is 1.49. The lowest BCUT2D eigenvalue weighted by atomic mass is 10.3. The van der Waals surface area contributed by atoms with Gasteiger partial charge in [0.25, 0.3) is 0 Å². The van der Waals surface area contributed by atoms with Crippen molar-refractivity contribution in [1.29, 1.82) is 0 Å². The minimum atomic E-state index is -0.971. The third kappa shape index (κ3) is 3.00. The van der Waals surface area contributed by atoms with Crippen molar-refractivity contribution in [1.82, 2.24) is 4.98 Å². The van der Waals surface area contributed by atoms with Gasteiger partial charge in [-0.3, -0.25) is 0 Å². The summed E-state index contributed by atoms with van der Waals surface area (Å²) in [5.74, 6) is -0.244. The molecule has 2 rings (SSSR count). The topological polar surface area (TPSA) is 53.4 Å². The zero-order chi connectivity index (χ0) is 13.1. The minimum absolute atomic E-state index is 0.186. The molecule has 4 nitrogen and oxygen atoms in total. The largest absolute Gasteiger partial charge is 0.478 e. The van der Waals surface area contributed by atoms with Crippen molar-refractivity contribution in [3.05, 3.63) is 45.2 Å². The molecule has 0 saturated carbocycles. The Balaban J connectivity index is 2.09. The molecule has 0 aromatic carbocycles. The van der Waals surface area contributed by atoms with Crippen molar-refractivity contribution < 1.29 is 9.90 Å². The van der Waals surface area contributed by atoms with E-state index in [1.54, 1.807) is 12.1 Å². The molecule has 0 aliphatic rings. The van der Waals surface area contributed by atoms with E-state index in [9.17, 15) is 4.79 Å². The maximum Gasteiger partial charge on any atom is 0.337 e. The van der Waals surface area contributed by atoms with Gasteiger partial charge in [-0.25, -0.2) is 9.78 Å². The van der Waals surface area contributed by atoms with Crippen LogP contribution in [0.3, 0.4) is 0 Å². The van der Waals surface area contributed by atoms with Gasteiger partial charge in [0.15, 0.2) is 0 Å². The van der Waals surface area contributed by atoms with E-state index in [0.717, 1.165) is 15.0 Å². The van der Waals surface area contributed by atoms with Gasteiger partial charge in [-0.2, -0.15) is 0 Å². The number of hydrogen-bond donors (Lipinski definition) is 1. The lowest BCUT2D eigenvalue weighted by Gasteiger charge is -2.16. The third-order valence-electron chi connectivity index (χ3n) is 2.41. The minimum Gasteiger partial charge on any atom is -0.478 e. The highest BCUT2D eigenvalue weighted by Crippen LogP contribution is 2.23. The van der Waals surface area contributed by atoms with Crippen LogP contribution >= 0.6 is 22.9 Å². The molecule has 2 aromatic heterocycles. The lowest BCUT2D eigenvalue weighted by molar-refractivity contribution is 0.0696. The normalized spacial score (nSPS) is 10.3. The molecule has 0 spiro atoms. The van der Waals surface area contributed by atoms with Crippen LogP contribution in [0.2, 0.25) is 4.34 Å². The van der Waals surface area contributed by atoms with Crippen molar-refractivity contribution in [2.45, 2.75) is 6.54 Å². The van der Waals surface area contributed by atoms with Crippen molar-refractivity contribution in [3.63, 3.8) is 0 Å². The number of carboxylic acid groups (broad SMARTS) is 1. The van der Waals surface area contributed by atoms with Crippen LogP contribution in [0.1, 0.15) is 15.2 Å². The molecule has 0 radical (unpaired) electrons. The van der Waals surface area contributed by atoms with Crippen LogP contribution in [-0.4, -0.2) is 23.1 Å². The number of halogens is 1. The van der Waals surface area contributed by atoms with Crippen LogP contribution < -0.4 is 4.90 Å². The van der Waals surface area contributed by atoms with Gasteiger partial charge in [0.1, 0.15) is 5.82 Å². The standard InChI is InChI=1S/C12H11ClN2O2S/c1-15(7-9-3-4-10(13)18-9)11-5-2-8(6-14-11)12(16)17/h2-6H,7H2,1H3,(H,16,17). The number of carboxylic acids is 1. The van der Waals surface area contributed by atoms with Gasteiger partial charge < -0.3 is 10.0 Å². The van der Waals surface area contributed by atoms with E-state index < -0.39 is 5.97 Å². The fraction of sp³-hybridized carbons (Fsp3) is 0.167. The van der Waals surface area contributed by atoms with Crippen molar-refractivity contribution >= 4 is 34.7 Å². The molecule has 0 aliphatic carbocycles. The van der Waals surface area contributed by atoms with E-state index in [0.29, 0.717) is 6.54 Å². The molecule has 0 saturated heterocycles. The first-order valence-corrected chi connectivity index (χ1v) is 6.40. The Labute approximate surface area is 113 Å². The Morgan fingerprint density at radius 3 is 2.72 bits per heavy atom. The van der Waals surface area contributed by atoms with Crippen molar-refractivity contribution in [3.8, 4) is 0 Å². The Kier molecular flexibility index (Phi) is 3.84. The Bertz CT molecular complexity index is 553. The molecule has 0 fully saturated rings. The van der Waals surface area contributed by atoms with Gasteiger partial charge in [0, 0.05) is 18.1 Å². The molecule has 1 N–H and O–H groups in total. The summed E-state index contributed by atoms with van der Waals surface area (Å²) in [5.41, 5.74) is 0.186. The highest BCUT2D eigenvalue weighted by molar-refractivity contribution is 7.16. The van der Waals surface area contributed by atoms with Crippen LogP contribution in [0.5, 0.6) is 0 Å². The second-order valence-corrected chi connectivity index (χ2v) is 5.57. The molecule has 0 aliphatic heterocycles. The van der Waals surface area contributed by atoms with E-state index >= 15 is 0 Å². The molecule has 0 bridgehead atoms. The average molecular weight is 283 g/mol. The summed E-state index contributed by atoms with van der Waals surface area (Å²) < 4.78 is 0.757. The van der Waals surface area contributed by atoms with Crippen LogP contribution in [0.25, 0.3) is 0 Å². The number of aromatic carboxylic acids is 1. The monoisotopic (exact) mass is 282 g/mol. The quantitative estimate of drug-likeness (QED) is 0.936. The smallest absolute Gasteiger partial charge is 0.337 e. The summed E-state index contributed by atoms with van der Waals surface area (Å²) >= 11 is 7.39. The first-order valence-electron chi connectivity index (χ1n) is 5.21. The maximum atomic E-state index is 10.7. The Morgan fingerprint density at radius 1 is 1.44 bits per heavy atom. The predicted molar refractivity (Wildman–Crippen MR) is 72.6 cm³/mol. The van der Waals surface area contributed by atoms with Crippen LogP contribution in [0.4, 0.5) is 5.82 Å². The molecular weight excluding hydrogens is 272 g/mol. The summed E-state index contributed by atoms with van der Waals surface area (Å²) in [6.45, 7) is 0.691. The molecule has 94 valence electrons. The second-order valence-electron chi connectivity index (χ2n) is 3.77. The summed E-state index contributed by atoms with van der Waals surface area (Å²) in [4.78, 5) is 17.9. The summed E-state index contributed by atoms with van der Waals surface area (Å²) in [5, 5.41) is 8.79. The maximum absolute atomic E-state index is 10.7. The van der Waals surface area contributed by atoms with Crippen molar-refractivity contribution in [2.75, 3.05) is 11.9 Å². The number of hydrogen-bond acceptors (Lipinski definition) is 4. The zero-order valence-corrected chi connectivity index (χ0v) is 11.2. The van der Waals surface area contributed by atoms with Gasteiger partial charge in [-0.05, 0) is 24.3 Å². The average Bonchev–Trinajstić information content (AvgIpc) is 2.75. The van der Waals surface area contributed by atoms with Crippen LogP contribution in [0, 0.1) is 0 Å². The number of anilines is 1. The summed E-state index contributed by atoms with van der Waals surface area (Å²) in [6.07, 6.45) is 1.36. The zero-order valence-electron chi connectivity index (χ0n) is 9.63. The summed E-state index contributed by atoms with van der Waals surface area (Å²) in [6, 6.07) is 7.06. The van der Waals surface area contributed by atoms with Gasteiger partial charge >= 0.3 is 5.97 Å². The van der Waals surface area contributed by atoms with Crippen LogP contribution in [0.15, 0.2) is 30.5 Å². The number of aromatic nitrogens is 1. The number of thiophene rings is 1. The van der Waals surface area contributed by atoms with Crippen molar-refractivity contribution in [2.24, 2.45) is 0 Å². The second kappa shape index (κ2) is 5.37. The summed E-state index contributed by atoms with van der Waals surface area (Å²) in [7, 11) is 1.90. The van der Waals surface area contributed by atoms with Gasteiger partial charge in [-0.15, -0.1) is 11.3 Å². The van der Waals surface area contributed by atoms with E-state index in [1.165, 1.54) is 17.5 Å². The molecule has 18 heavy (non-hydrogen) atoms. The Morgan fingerprint density at radius 2 is 2.22 bits per heavy atom. The highest BCUT2D eigenvalue weighted by atomic mass is 35.5. The van der Waals surface area contributed by atoms with E-state index in [-0.39, 0.29) is 5.56 Å². The van der Waals surface area contributed by atoms with Gasteiger partial charge in [0.2, 0.25) is 0 Å². The van der Waals surface area contributed by atoms with E-state index in [1.807, 2.05) is 24.1 Å². The molecular formula is C12H11ClN2O2S. The number of carbonyl (C=O) groups is 1. The molecule has 0 amide bonds. The highest BCUT2D eigenvalue weighted by Gasteiger charge is 2.07. The number of rotatable bonds is 4. The first kappa shape index (κ1) is 12.9. The Hall–Kier alpha value is -1.59. The molecule has 2 aromatic rings. The van der Waals surface area contributed by atoms with E-state index in [2.05, 4.69) is 4.98 Å².